The first-order valence-electron chi connectivity index (χ1n) is 6.28. The van der Waals surface area contributed by atoms with E-state index in [1.54, 1.807) is 20.9 Å². The number of halogens is 4. The van der Waals surface area contributed by atoms with Crippen molar-refractivity contribution in [2.45, 2.75) is 26.9 Å². The van der Waals surface area contributed by atoms with Gasteiger partial charge in [0.05, 0.1) is 4.92 Å². The molecule has 0 bridgehead atoms. The molecule has 2 aromatic heterocycles. The summed E-state index contributed by atoms with van der Waals surface area (Å²) in [5.74, 6) is 0. The molecule has 0 aliphatic heterocycles. The van der Waals surface area contributed by atoms with Gasteiger partial charge >= 0.3 is 11.9 Å². The van der Waals surface area contributed by atoms with E-state index in [1.807, 2.05) is 0 Å². The lowest BCUT2D eigenvalue weighted by molar-refractivity contribution is -0.386. The highest BCUT2D eigenvalue weighted by molar-refractivity contribution is 6.30. The highest BCUT2D eigenvalue weighted by Gasteiger charge is 2.37. The molecular formula is C12H15ClF3N5O2. The average Bonchev–Trinajstić information content (AvgIpc) is 2.76. The number of nitrogens with zero attached hydrogens (tertiary/aromatic N) is 5. The highest BCUT2D eigenvalue weighted by Crippen LogP contribution is 2.33. The first-order chi connectivity index (χ1) is 10.4. The van der Waals surface area contributed by atoms with Crippen molar-refractivity contribution in [1.29, 1.82) is 0 Å². The summed E-state index contributed by atoms with van der Waals surface area (Å²) >= 11 is 5.41. The number of nitro groups is 1. The summed E-state index contributed by atoms with van der Waals surface area (Å²) in [6, 6.07) is 0. The molecule has 7 nitrogen and oxygen atoms in total. The minimum atomic E-state index is -4.39. The lowest BCUT2D eigenvalue weighted by Crippen LogP contribution is -2.12. The predicted octanol–water partition coefficient (Wildman–Crippen LogP) is 3.35. The summed E-state index contributed by atoms with van der Waals surface area (Å²) in [5.41, 5.74) is 0.342. The molecule has 0 N–H and O–H groups in total. The molecular weight excluding hydrogens is 339 g/mol. The van der Waals surface area contributed by atoms with Gasteiger partial charge in [0.1, 0.15) is 17.1 Å². The zero-order valence-electron chi connectivity index (χ0n) is 13.1. The Hall–Kier alpha value is -2.10. The second-order valence-corrected chi connectivity index (χ2v) is 5.14. The van der Waals surface area contributed by atoms with Crippen LogP contribution in [0.2, 0.25) is 5.15 Å². The number of aromatic nitrogens is 4. The summed E-state index contributed by atoms with van der Waals surface area (Å²) in [6.07, 6.45) is -4.39. The van der Waals surface area contributed by atoms with Gasteiger partial charge in [-0.1, -0.05) is 11.6 Å². The van der Waals surface area contributed by atoms with Gasteiger partial charge in [-0.25, -0.2) is 0 Å². The highest BCUT2D eigenvalue weighted by atomic mass is 35.5. The molecule has 0 unspecified atom stereocenters. The topological polar surface area (TPSA) is 78.8 Å². The zero-order valence-corrected chi connectivity index (χ0v) is 13.8. The lowest BCUT2D eigenvalue weighted by Gasteiger charge is -2.06. The van der Waals surface area contributed by atoms with E-state index in [2.05, 4.69) is 10.2 Å². The molecule has 23 heavy (non-hydrogen) atoms. The summed E-state index contributed by atoms with van der Waals surface area (Å²) in [4.78, 5) is 10.0. The van der Waals surface area contributed by atoms with Crippen LogP contribution in [-0.4, -0.2) is 24.5 Å². The predicted molar refractivity (Wildman–Crippen MR) is 77.3 cm³/mol. The number of hydrogen-bond donors (Lipinski definition) is 0. The van der Waals surface area contributed by atoms with E-state index in [4.69, 9.17) is 11.6 Å². The average molecular weight is 354 g/mol. The maximum Gasteiger partial charge on any atom is 0.433 e. The van der Waals surface area contributed by atoms with Crippen molar-refractivity contribution in [1.82, 2.24) is 19.6 Å². The third-order valence-electron chi connectivity index (χ3n) is 3.15. The minimum Gasteiger partial charge on any atom is -0.265 e. The van der Waals surface area contributed by atoms with E-state index in [1.165, 1.54) is 18.7 Å². The Balaban J connectivity index is 0.000000231. The third-order valence-corrected chi connectivity index (χ3v) is 3.51. The van der Waals surface area contributed by atoms with Crippen molar-refractivity contribution in [2.24, 2.45) is 14.1 Å². The number of rotatable bonds is 1. The van der Waals surface area contributed by atoms with Gasteiger partial charge in [-0.3, -0.25) is 19.5 Å². The van der Waals surface area contributed by atoms with E-state index in [0.717, 1.165) is 4.68 Å². The molecule has 0 spiro atoms. The van der Waals surface area contributed by atoms with Crippen LogP contribution in [0.3, 0.4) is 0 Å². The van der Waals surface area contributed by atoms with Gasteiger partial charge in [0, 0.05) is 19.7 Å². The van der Waals surface area contributed by atoms with Crippen molar-refractivity contribution in [2.75, 3.05) is 0 Å². The minimum absolute atomic E-state index is 0.0355. The first kappa shape index (κ1) is 18.9. The molecule has 0 amide bonds. The maximum absolute atomic E-state index is 12.2. The molecule has 0 radical (unpaired) electrons. The summed E-state index contributed by atoms with van der Waals surface area (Å²) in [5, 5.41) is 17.6. The molecule has 0 aromatic carbocycles. The largest absolute Gasteiger partial charge is 0.433 e. The molecule has 128 valence electrons. The second-order valence-electron chi connectivity index (χ2n) is 4.79. The molecule has 0 atom stereocenters. The van der Waals surface area contributed by atoms with E-state index in [0.29, 0.717) is 11.4 Å². The molecule has 2 rings (SSSR count). The lowest BCUT2D eigenvalue weighted by atomic mass is 10.3. The molecule has 0 fully saturated rings. The molecule has 0 aliphatic carbocycles. The van der Waals surface area contributed by atoms with Crippen LogP contribution >= 0.6 is 11.6 Å². The summed E-state index contributed by atoms with van der Waals surface area (Å²) in [6.45, 7) is 4.60. The molecule has 0 saturated heterocycles. The Morgan fingerprint density at radius 1 is 1.13 bits per heavy atom. The van der Waals surface area contributed by atoms with Crippen LogP contribution in [0, 0.1) is 30.9 Å². The third kappa shape index (κ3) is 4.01. The molecule has 0 saturated carbocycles. The second kappa shape index (κ2) is 6.57. The zero-order chi connectivity index (χ0) is 18.1. The number of hydrogen-bond acceptors (Lipinski definition) is 4. The standard InChI is InChI=1S/C6H6ClF3N2.C6H9N3O2/c1-3-4(6(8,9)10)12(2)11-5(3)7;1-4-6(9(10)11)5(2)8(3)7-4/h1-2H3;1-3H3. The van der Waals surface area contributed by atoms with Crippen LogP contribution in [0.1, 0.15) is 22.6 Å². The van der Waals surface area contributed by atoms with Gasteiger partial charge in [0.25, 0.3) is 0 Å². The first-order valence-corrected chi connectivity index (χ1v) is 6.66. The fraction of sp³-hybridized carbons (Fsp3) is 0.500. The Morgan fingerprint density at radius 3 is 1.83 bits per heavy atom. The van der Waals surface area contributed by atoms with Gasteiger partial charge < -0.3 is 0 Å². The molecule has 2 heterocycles. The molecule has 11 heteroatoms. The van der Waals surface area contributed by atoms with Crippen molar-refractivity contribution in [3.8, 4) is 0 Å². The van der Waals surface area contributed by atoms with Gasteiger partial charge in [-0.15, -0.1) is 0 Å². The Morgan fingerprint density at radius 2 is 1.65 bits per heavy atom. The fourth-order valence-corrected chi connectivity index (χ4v) is 2.22. The van der Waals surface area contributed by atoms with Crippen molar-refractivity contribution < 1.29 is 18.1 Å². The van der Waals surface area contributed by atoms with Gasteiger partial charge in [-0.2, -0.15) is 23.4 Å². The van der Waals surface area contributed by atoms with E-state index < -0.39 is 16.8 Å². The number of aryl methyl sites for hydroxylation is 3. The van der Waals surface area contributed by atoms with Gasteiger partial charge in [0.2, 0.25) is 0 Å². The smallest absolute Gasteiger partial charge is 0.265 e. The normalized spacial score (nSPS) is 11.2. The van der Waals surface area contributed by atoms with Crippen LogP contribution in [-0.2, 0) is 20.3 Å². The SMILES string of the molecule is Cc1c(Cl)nn(C)c1C(F)(F)F.Cc1nn(C)c(C)c1[N+](=O)[O-]. The van der Waals surface area contributed by atoms with Crippen LogP contribution in [0.4, 0.5) is 18.9 Å². The van der Waals surface area contributed by atoms with Crippen LogP contribution in [0.15, 0.2) is 0 Å². The molecule has 2 aromatic rings. The van der Waals surface area contributed by atoms with Crippen molar-refractivity contribution in [3.05, 3.63) is 37.9 Å². The quantitative estimate of drug-likeness (QED) is 0.581. The van der Waals surface area contributed by atoms with Crippen molar-refractivity contribution in [3.63, 3.8) is 0 Å². The van der Waals surface area contributed by atoms with Gasteiger partial charge in [0.15, 0.2) is 5.15 Å². The van der Waals surface area contributed by atoms with E-state index in [9.17, 15) is 23.3 Å². The van der Waals surface area contributed by atoms with Gasteiger partial charge in [-0.05, 0) is 20.8 Å². The maximum atomic E-state index is 12.2. The Bertz CT molecular complexity index is 736. The fourth-order valence-electron chi connectivity index (χ4n) is 2.02. The van der Waals surface area contributed by atoms with Crippen LogP contribution in [0.5, 0.6) is 0 Å². The van der Waals surface area contributed by atoms with Crippen LogP contribution < -0.4 is 0 Å². The van der Waals surface area contributed by atoms with Crippen molar-refractivity contribution >= 4 is 17.3 Å². The van der Waals surface area contributed by atoms with E-state index >= 15 is 0 Å². The number of alkyl halides is 3. The summed E-state index contributed by atoms with van der Waals surface area (Å²) in [7, 11) is 2.90. The monoisotopic (exact) mass is 353 g/mol. The molecule has 0 aliphatic rings. The summed E-state index contributed by atoms with van der Waals surface area (Å²) < 4.78 is 38.9. The Labute approximate surface area is 134 Å². The van der Waals surface area contributed by atoms with E-state index in [-0.39, 0.29) is 16.4 Å². The Kier molecular flexibility index (Phi) is 5.41. The van der Waals surface area contributed by atoms with Crippen LogP contribution in [0.25, 0.3) is 0 Å².